The zero-order valence-electron chi connectivity index (χ0n) is 38.4. The minimum absolute atomic E-state index is 0.165. The molecule has 68 heavy (non-hydrogen) atoms. The first kappa shape index (κ1) is 57.7. The normalized spacial score (nSPS) is 39.7. The van der Waals surface area contributed by atoms with Crippen LogP contribution in [-0.2, 0) is 76.0 Å². The first-order chi connectivity index (χ1) is 32.1. The first-order valence-corrected chi connectivity index (χ1v) is 21.9. The maximum absolute atomic E-state index is 12.1. The summed E-state index contributed by atoms with van der Waals surface area (Å²) in [6.07, 6.45) is -27.2. The molecular weight excluding hydrogens is 924 g/mol. The van der Waals surface area contributed by atoms with Gasteiger partial charge in [0.05, 0.1) is 38.6 Å². The van der Waals surface area contributed by atoms with Crippen molar-refractivity contribution < 1.29 is 127 Å². The van der Waals surface area contributed by atoms with Crippen molar-refractivity contribution in [3.8, 4) is 0 Å². The van der Waals surface area contributed by atoms with Crippen molar-refractivity contribution in [3.05, 3.63) is 0 Å². The Morgan fingerprint density at radius 1 is 0.515 bits per heavy atom. The Bertz CT molecular complexity index is 1470. The van der Waals surface area contributed by atoms with E-state index in [4.69, 9.17) is 56.8 Å². The van der Waals surface area contributed by atoms with Gasteiger partial charge >= 0.3 is 11.9 Å². The Balaban J connectivity index is 1.18. The van der Waals surface area contributed by atoms with Gasteiger partial charge in [0.2, 0.25) is 11.8 Å². The number of carbonyl (C=O) groups is 4. The second-order valence-corrected chi connectivity index (χ2v) is 16.9. The number of aliphatic carboxylic acids is 2. The number of carboxylic acids is 2. The van der Waals surface area contributed by atoms with E-state index in [0.29, 0.717) is 12.8 Å². The third-order valence-electron chi connectivity index (χ3n) is 11.5. The Morgan fingerprint density at radius 2 is 0.868 bits per heavy atom. The fourth-order valence-corrected chi connectivity index (χ4v) is 7.88. The molecule has 2 amide bonds. The van der Waals surface area contributed by atoms with Gasteiger partial charge in [-0.25, -0.2) is 9.59 Å². The Morgan fingerprint density at radius 3 is 1.18 bits per heavy atom. The number of rotatable bonds is 25. The van der Waals surface area contributed by atoms with Crippen LogP contribution in [-0.4, -0.2) is 252 Å². The molecule has 4 aliphatic heterocycles. The summed E-state index contributed by atoms with van der Waals surface area (Å²) in [5.41, 5.74) is 0. The lowest BCUT2D eigenvalue weighted by molar-refractivity contribution is -0.361. The molecule has 12 N–H and O–H groups in total. The molecule has 4 aliphatic rings. The van der Waals surface area contributed by atoms with Gasteiger partial charge in [-0.3, -0.25) is 9.59 Å². The molecule has 4 heterocycles. The molecule has 0 spiro atoms. The lowest BCUT2D eigenvalue weighted by atomic mass is 9.90. The van der Waals surface area contributed by atoms with Crippen LogP contribution in [0.1, 0.15) is 40.5 Å². The minimum atomic E-state index is -1.77. The molecule has 4 rings (SSSR count). The highest BCUT2D eigenvalue weighted by Crippen LogP contribution is 2.34. The number of hydrogen-bond donors (Lipinski definition) is 12. The van der Waals surface area contributed by atoms with Crippen LogP contribution in [0.5, 0.6) is 0 Å². The van der Waals surface area contributed by atoms with Crippen molar-refractivity contribution >= 4 is 23.8 Å². The monoisotopic (exact) mass is 992 g/mol. The van der Waals surface area contributed by atoms with E-state index in [1.165, 1.54) is 41.9 Å². The Labute approximate surface area is 390 Å². The number of amides is 2. The molecule has 0 saturated carbocycles. The Kier molecular flexibility index (Phi) is 22.9. The van der Waals surface area contributed by atoms with Crippen molar-refractivity contribution in [2.45, 2.75) is 164 Å². The number of nitrogens with one attached hydrogen (secondary N) is 2. The number of aliphatic hydroxyl groups is 8. The SMILES string of the molecule is CO[C@H]1OC(OCC(O)COCCCCOCC(O)COC2O[C@@H](OC)C(NC(C)=O)[C@@H](OC3OC(C(=O)O)C(C)[C@@H](O)[C@H]3O)[C@@H]2O)C(O)C(OC2OC(C(=O)O)[C@H](C)C(O)[C@@H]2O)C1NC(C)=O. The van der Waals surface area contributed by atoms with Crippen molar-refractivity contribution in [3.63, 3.8) is 0 Å². The van der Waals surface area contributed by atoms with Crippen molar-refractivity contribution in [1.82, 2.24) is 10.6 Å². The molecule has 0 bridgehead atoms. The van der Waals surface area contributed by atoms with E-state index in [1.54, 1.807) is 0 Å². The maximum Gasteiger partial charge on any atom is 0.333 e. The highest BCUT2D eigenvalue weighted by atomic mass is 16.8. The number of aliphatic hydroxyl groups excluding tert-OH is 8. The molecule has 0 aromatic heterocycles. The van der Waals surface area contributed by atoms with Crippen LogP contribution in [0.15, 0.2) is 0 Å². The Hall–Kier alpha value is -2.92. The number of carboxylic acid groups (broad SMARTS) is 2. The number of ether oxygens (including phenoxy) is 12. The van der Waals surface area contributed by atoms with E-state index < -0.39 is 172 Å². The van der Waals surface area contributed by atoms with Gasteiger partial charge in [-0.15, -0.1) is 0 Å². The fraction of sp³-hybridized carbons (Fsp3) is 0.900. The predicted molar refractivity (Wildman–Crippen MR) is 218 cm³/mol. The van der Waals surface area contributed by atoms with E-state index in [-0.39, 0.29) is 26.4 Å². The zero-order valence-corrected chi connectivity index (χ0v) is 38.4. The molecule has 394 valence electrons. The van der Waals surface area contributed by atoms with E-state index in [9.17, 15) is 70.2 Å². The molecule has 4 fully saturated rings. The third-order valence-corrected chi connectivity index (χ3v) is 11.5. The summed E-state index contributed by atoms with van der Waals surface area (Å²) >= 11 is 0. The van der Waals surface area contributed by atoms with Crippen LogP contribution in [0.3, 0.4) is 0 Å². The summed E-state index contributed by atoms with van der Waals surface area (Å²) < 4.78 is 66.7. The van der Waals surface area contributed by atoms with Gasteiger partial charge in [0, 0.05) is 53.1 Å². The maximum atomic E-state index is 12.1. The van der Waals surface area contributed by atoms with E-state index in [2.05, 4.69) is 10.6 Å². The highest BCUT2D eigenvalue weighted by molar-refractivity contribution is 5.74. The van der Waals surface area contributed by atoms with Gasteiger partial charge in [0.15, 0.2) is 49.9 Å². The van der Waals surface area contributed by atoms with Crippen LogP contribution >= 0.6 is 0 Å². The lowest BCUT2D eigenvalue weighted by Crippen LogP contribution is -2.67. The molecule has 0 aromatic rings. The van der Waals surface area contributed by atoms with Crippen LogP contribution in [0.25, 0.3) is 0 Å². The summed E-state index contributed by atoms with van der Waals surface area (Å²) in [6.45, 7) is 4.08. The number of carbonyl (C=O) groups excluding carboxylic acids is 2. The van der Waals surface area contributed by atoms with Gasteiger partial charge in [0.1, 0.15) is 60.9 Å². The standard InChI is InChI=1S/C40H68N2O26/c1-15-23(47)25(49)39(63-29(15)33(53)54)65-31-21(41-17(3)43)35(57-5)67-37(27(31)51)61-13-19(45)11-59-9-7-8-10-60-12-20(46)14-62-38-28(52)32(22(42-18(4)44)36(58-6)68-38)66-40-26(50)24(48)16(2)30(64-40)34(55)56/h15-16,19-32,35-40,45-52H,7-14H2,1-6H3,(H,41,43)(H,42,44)(H,53,54)(H,55,56)/t15-,16?,19?,20?,21?,22?,23?,24-,25+,26-,27?,28+,29?,30?,31?,32-,35+,36-,37?,38?,39?,40?/m1/s1. The van der Waals surface area contributed by atoms with Gasteiger partial charge in [0.25, 0.3) is 0 Å². The molecule has 14 unspecified atom stereocenters. The van der Waals surface area contributed by atoms with Gasteiger partial charge in [-0.2, -0.15) is 0 Å². The molecule has 22 atom stereocenters. The van der Waals surface area contributed by atoms with Crippen LogP contribution < -0.4 is 10.6 Å². The first-order valence-electron chi connectivity index (χ1n) is 21.9. The van der Waals surface area contributed by atoms with E-state index in [1.807, 2.05) is 0 Å². The molecule has 0 aromatic carbocycles. The molecule has 0 aliphatic carbocycles. The van der Waals surface area contributed by atoms with Crippen LogP contribution in [0.2, 0.25) is 0 Å². The zero-order chi connectivity index (χ0) is 50.6. The number of hydrogen-bond acceptors (Lipinski definition) is 24. The van der Waals surface area contributed by atoms with Crippen LogP contribution in [0, 0.1) is 11.8 Å². The largest absolute Gasteiger partial charge is 0.479 e. The summed E-state index contributed by atoms with van der Waals surface area (Å²) in [4.78, 5) is 47.6. The molecule has 28 heteroatoms. The lowest BCUT2D eigenvalue weighted by Gasteiger charge is -2.47. The number of unbranched alkanes of at least 4 members (excludes halogenated alkanes) is 1. The van der Waals surface area contributed by atoms with Crippen molar-refractivity contribution in [1.29, 1.82) is 0 Å². The molecular formula is C40H68N2O26. The third kappa shape index (κ3) is 15.3. The quantitative estimate of drug-likeness (QED) is 0.0379. The highest BCUT2D eigenvalue weighted by Gasteiger charge is 2.54. The van der Waals surface area contributed by atoms with E-state index in [0.717, 1.165) is 0 Å². The topological polar surface area (TPSA) is 405 Å². The second-order valence-electron chi connectivity index (χ2n) is 16.9. The average molecular weight is 993 g/mol. The smallest absolute Gasteiger partial charge is 0.333 e. The fourth-order valence-electron chi connectivity index (χ4n) is 7.88. The van der Waals surface area contributed by atoms with Crippen molar-refractivity contribution in [2.24, 2.45) is 11.8 Å². The van der Waals surface area contributed by atoms with Gasteiger partial charge < -0.3 is 119 Å². The van der Waals surface area contributed by atoms with Gasteiger partial charge in [-0.1, -0.05) is 13.8 Å². The summed E-state index contributed by atoms with van der Waals surface area (Å²) in [5.74, 6) is -6.10. The minimum Gasteiger partial charge on any atom is -0.479 e. The molecule has 28 nitrogen and oxygen atoms in total. The summed E-state index contributed by atoms with van der Waals surface area (Å²) in [6, 6.07) is -2.49. The summed E-state index contributed by atoms with van der Waals surface area (Å²) in [5, 5.41) is 110. The van der Waals surface area contributed by atoms with Crippen molar-refractivity contribution in [2.75, 3.05) is 53.9 Å². The second kappa shape index (κ2) is 27.1. The van der Waals surface area contributed by atoms with E-state index >= 15 is 0 Å². The molecule has 4 saturated heterocycles. The average Bonchev–Trinajstić information content (AvgIpc) is 3.28. The number of methoxy groups -OCH3 is 2. The molecule has 0 radical (unpaired) electrons. The predicted octanol–water partition coefficient (Wildman–Crippen LogP) is -5.95. The summed E-state index contributed by atoms with van der Waals surface area (Å²) in [7, 11) is 2.45. The van der Waals surface area contributed by atoms with Crippen LogP contribution in [0.4, 0.5) is 0 Å². The van der Waals surface area contributed by atoms with Gasteiger partial charge in [-0.05, 0) is 12.8 Å².